The SMILES string of the molecule is C=C(O)[C@]12CCC(C)(C)C[C@H]1C1=CC[C@@H]3[C@@]4(C)CC[C@H](O)[C@@](C)(CO)[C@@H]4CC[C@@]3(C)[C@]1(C)CC2. The summed E-state index contributed by atoms with van der Waals surface area (Å²) in [5.41, 5.74) is 1.85. The second-order valence-corrected chi connectivity index (χ2v) is 15.0. The van der Waals surface area contributed by atoms with Crippen molar-refractivity contribution in [2.75, 3.05) is 6.61 Å². The fourth-order valence-electron chi connectivity index (χ4n) is 10.8. The Balaban J connectivity index is 1.60. The molecule has 5 aliphatic rings. The van der Waals surface area contributed by atoms with Crippen LogP contribution in [0.4, 0.5) is 0 Å². The first-order valence-corrected chi connectivity index (χ1v) is 14.1. The van der Waals surface area contributed by atoms with E-state index >= 15 is 0 Å². The molecule has 0 amide bonds. The number of rotatable bonds is 2. The predicted molar refractivity (Wildman–Crippen MR) is 138 cm³/mol. The molecule has 0 unspecified atom stereocenters. The summed E-state index contributed by atoms with van der Waals surface area (Å²) in [5, 5.41) is 32.3. The van der Waals surface area contributed by atoms with Gasteiger partial charge in [0.15, 0.2) is 0 Å². The van der Waals surface area contributed by atoms with Crippen LogP contribution in [0.3, 0.4) is 0 Å². The second kappa shape index (κ2) is 7.37. The van der Waals surface area contributed by atoms with Crippen molar-refractivity contribution in [2.24, 2.45) is 50.2 Å². The van der Waals surface area contributed by atoms with Gasteiger partial charge in [-0.2, -0.15) is 0 Å². The van der Waals surface area contributed by atoms with Gasteiger partial charge in [-0.15, -0.1) is 0 Å². The maximum Gasteiger partial charge on any atom is 0.0918 e. The molecule has 3 nitrogen and oxygen atoms in total. The summed E-state index contributed by atoms with van der Waals surface area (Å²) >= 11 is 0. The third-order valence-corrected chi connectivity index (χ3v) is 13.3. The molecule has 0 aromatic rings. The molecule has 0 heterocycles. The van der Waals surface area contributed by atoms with E-state index in [1.165, 1.54) is 0 Å². The largest absolute Gasteiger partial charge is 0.512 e. The molecule has 0 aliphatic heterocycles. The van der Waals surface area contributed by atoms with Crippen molar-refractivity contribution in [1.82, 2.24) is 0 Å². The van der Waals surface area contributed by atoms with Crippen molar-refractivity contribution in [2.45, 2.75) is 112 Å². The van der Waals surface area contributed by atoms with Gasteiger partial charge >= 0.3 is 0 Å². The van der Waals surface area contributed by atoms with Crippen molar-refractivity contribution in [3.63, 3.8) is 0 Å². The summed E-state index contributed by atoms with van der Waals surface area (Å²) in [5.74, 6) is 1.75. The van der Waals surface area contributed by atoms with Gasteiger partial charge in [-0.3, -0.25) is 0 Å². The minimum absolute atomic E-state index is 0.0779. The number of aliphatic hydroxyl groups excluding tert-OH is 3. The van der Waals surface area contributed by atoms with E-state index < -0.39 is 11.5 Å². The van der Waals surface area contributed by atoms with Crippen LogP contribution in [0, 0.1) is 50.2 Å². The van der Waals surface area contributed by atoms with Crippen molar-refractivity contribution >= 4 is 0 Å². The van der Waals surface area contributed by atoms with Gasteiger partial charge < -0.3 is 15.3 Å². The minimum Gasteiger partial charge on any atom is -0.512 e. The molecule has 0 aromatic heterocycles. The molecular weight excluding hydrogens is 420 g/mol. The third-order valence-electron chi connectivity index (χ3n) is 13.3. The molecule has 5 rings (SSSR count). The Kier molecular flexibility index (Phi) is 5.39. The van der Waals surface area contributed by atoms with E-state index in [0.29, 0.717) is 28.9 Å². The van der Waals surface area contributed by atoms with Gasteiger partial charge in [0.2, 0.25) is 0 Å². The molecule has 3 heteroatoms. The average molecular weight is 471 g/mol. The van der Waals surface area contributed by atoms with Crippen LogP contribution in [0.2, 0.25) is 0 Å². The van der Waals surface area contributed by atoms with Gasteiger partial charge in [0.05, 0.1) is 18.5 Å². The van der Waals surface area contributed by atoms with Gasteiger partial charge in [-0.1, -0.05) is 59.8 Å². The van der Waals surface area contributed by atoms with Crippen molar-refractivity contribution < 1.29 is 15.3 Å². The maximum absolute atomic E-state index is 10.9. The summed E-state index contributed by atoms with van der Waals surface area (Å²) < 4.78 is 0. The highest BCUT2D eigenvalue weighted by Crippen LogP contribution is 2.76. The highest BCUT2D eigenvalue weighted by atomic mass is 16.3. The molecule has 0 saturated heterocycles. The standard InChI is InChI=1S/C31H50O3/c1-20(33)31-16-14-26(2,3)18-22(31)21-8-9-24-27(4)12-11-25(34)28(5,19-32)23(27)10-13-30(24,7)29(21,6)15-17-31/h8,22-25,32-34H,1,9-19H2,2-7H3/t22-,23+,24+,25-,27-,28-,29+,30+,31+/m0/s1. The van der Waals surface area contributed by atoms with Gasteiger partial charge in [-0.25, -0.2) is 0 Å². The Hall–Kier alpha value is -0.800. The van der Waals surface area contributed by atoms with E-state index in [1.807, 2.05) is 0 Å². The maximum atomic E-state index is 10.9. The molecular formula is C31H50O3. The van der Waals surface area contributed by atoms with Crippen LogP contribution in [0.1, 0.15) is 106 Å². The Morgan fingerprint density at radius 2 is 1.62 bits per heavy atom. The fraction of sp³-hybridized carbons (Fsp3) is 0.871. The van der Waals surface area contributed by atoms with Crippen LogP contribution < -0.4 is 0 Å². The van der Waals surface area contributed by atoms with Crippen LogP contribution in [-0.4, -0.2) is 28.0 Å². The monoisotopic (exact) mass is 470 g/mol. The van der Waals surface area contributed by atoms with E-state index in [2.05, 4.69) is 54.2 Å². The van der Waals surface area contributed by atoms with Crippen LogP contribution in [0.25, 0.3) is 0 Å². The quantitative estimate of drug-likeness (QED) is 0.295. The zero-order valence-corrected chi connectivity index (χ0v) is 22.7. The lowest BCUT2D eigenvalue weighted by Gasteiger charge is -2.71. The molecule has 0 spiro atoms. The molecule has 0 bridgehead atoms. The normalized spacial score (nSPS) is 54.1. The molecule has 5 aliphatic carbocycles. The van der Waals surface area contributed by atoms with Gasteiger partial charge in [0.1, 0.15) is 0 Å². The Morgan fingerprint density at radius 1 is 0.941 bits per heavy atom. The van der Waals surface area contributed by atoms with Crippen LogP contribution >= 0.6 is 0 Å². The van der Waals surface area contributed by atoms with Gasteiger partial charge in [0, 0.05) is 10.8 Å². The second-order valence-electron chi connectivity index (χ2n) is 15.0. The number of allylic oxidation sites excluding steroid dienone is 3. The smallest absolute Gasteiger partial charge is 0.0918 e. The third kappa shape index (κ3) is 2.89. The van der Waals surface area contributed by atoms with Gasteiger partial charge in [0.25, 0.3) is 0 Å². The van der Waals surface area contributed by atoms with Crippen molar-refractivity contribution in [3.05, 3.63) is 24.0 Å². The van der Waals surface area contributed by atoms with Crippen LogP contribution in [-0.2, 0) is 0 Å². The molecule has 0 radical (unpaired) electrons. The van der Waals surface area contributed by atoms with E-state index in [1.54, 1.807) is 5.57 Å². The topological polar surface area (TPSA) is 60.7 Å². The predicted octanol–water partition coefficient (Wildman–Crippen LogP) is 7.19. The zero-order chi connectivity index (χ0) is 24.9. The highest BCUT2D eigenvalue weighted by molar-refractivity contribution is 5.36. The van der Waals surface area contributed by atoms with E-state index in [0.717, 1.165) is 64.2 Å². The van der Waals surface area contributed by atoms with Gasteiger partial charge in [-0.05, 0) is 104 Å². The lowest BCUT2D eigenvalue weighted by molar-refractivity contribution is -0.215. The molecule has 9 atom stereocenters. The number of fused-ring (bicyclic) bond motifs is 7. The summed E-state index contributed by atoms with van der Waals surface area (Å²) in [7, 11) is 0. The Labute approximate surface area is 208 Å². The molecule has 4 saturated carbocycles. The van der Waals surface area contributed by atoms with Crippen molar-refractivity contribution in [3.8, 4) is 0 Å². The highest BCUT2D eigenvalue weighted by Gasteiger charge is 2.69. The minimum atomic E-state index is -0.402. The van der Waals surface area contributed by atoms with E-state index in [-0.39, 0.29) is 28.3 Å². The first-order valence-electron chi connectivity index (χ1n) is 14.1. The average Bonchev–Trinajstić information content (AvgIpc) is 2.76. The first kappa shape index (κ1) is 24.9. The van der Waals surface area contributed by atoms with E-state index in [9.17, 15) is 15.3 Å². The molecule has 4 fully saturated rings. The number of hydrogen-bond acceptors (Lipinski definition) is 3. The van der Waals surface area contributed by atoms with E-state index in [4.69, 9.17) is 0 Å². The molecule has 0 aromatic carbocycles. The Morgan fingerprint density at radius 3 is 2.26 bits per heavy atom. The van der Waals surface area contributed by atoms with Crippen LogP contribution in [0.5, 0.6) is 0 Å². The zero-order valence-electron chi connectivity index (χ0n) is 22.7. The van der Waals surface area contributed by atoms with Crippen LogP contribution in [0.15, 0.2) is 24.0 Å². The summed E-state index contributed by atoms with van der Waals surface area (Å²) in [4.78, 5) is 0. The lowest BCUT2D eigenvalue weighted by atomic mass is 9.33. The fourth-order valence-corrected chi connectivity index (χ4v) is 10.8. The number of hydrogen-bond donors (Lipinski definition) is 3. The Bertz CT molecular complexity index is 904. The summed E-state index contributed by atoms with van der Waals surface area (Å²) in [6, 6.07) is 0. The molecule has 34 heavy (non-hydrogen) atoms. The summed E-state index contributed by atoms with van der Waals surface area (Å²) in [6.07, 6.45) is 13.0. The first-order chi connectivity index (χ1) is 15.7. The van der Waals surface area contributed by atoms with Crippen molar-refractivity contribution in [1.29, 1.82) is 0 Å². The summed E-state index contributed by atoms with van der Waals surface area (Å²) in [6.45, 7) is 18.8. The molecule has 3 N–H and O–H groups in total. The lowest BCUT2D eigenvalue weighted by Crippen LogP contribution is -2.65. The molecule has 192 valence electrons. The number of aliphatic hydroxyl groups is 3.